The van der Waals surface area contributed by atoms with E-state index in [0.29, 0.717) is 13.2 Å². The second kappa shape index (κ2) is 7.14. The van der Waals surface area contributed by atoms with Gasteiger partial charge in [-0.05, 0) is 35.8 Å². The van der Waals surface area contributed by atoms with Crippen LogP contribution < -0.4 is 0 Å². The van der Waals surface area contributed by atoms with Crippen molar-refractivity contribution in [3.05, 3.63) is 40.4 Å². The molecular weight excluding hydrogens is 382 g/mol. The van der Waals surface area contributed by atoms with Gasteiger partial charge in [0.15, 0.2) is 14.2 Å². The molecule has 3 nitrogen and oxygen atoms in total. The summed E-state index contributed by atoms with van der Waals surface area (Å²) < 4.78 is 13.2. The van der Waals surface area contributed by atoms with Gasteiger partial charge >= 0.3 is 0 Å². The molecule has 1 heterocycles. The van der Waals surface area contributed by atoms with Crippen LogP contribution in [-0.4, -0.2) is 33.0 Å². The molecule has 1 unspecified atom stereocenters. The molecule has 1 aliphatic rings. The van der Waals surface area contributed by atoms with Gasteiger partial charge in [0.05, 0.1) is 6.61 Å². The molecular formula is C19H28BrNO2Si. The first-order chi connectivity index (χ1) is 11.0. The summed E-state index contributed by atoms with van der Waals surface area (Å²) >= 11 is 3.47. The minimum Gasteiger partial charge on any atom is -0.478 e. The van der Waals surface area contributed by atoms with Crippen molar-refractivity contribution < 1.29 is 9.16 Å². The minimum absolute atomic E-state index is 0.182. The van der Waals surface area contributed by atoms with E-state index in [4.69, 9.17) is 14.2 Å². The fourth-order valence-electron chi connectivity index (χ4n) is 2.16. The predicted molar refractivity (Wildman–Crippen MR) is 108 cm³/mol. The molecule has 1 aromatic carbocycles. The Labute approximate surface area is 155 Å². The maximum absolute atomic E-state index is 6.43. The van der Waals surface area contributed by atoms with Crippen molar-refractivity contribution in [3.8, 4) is 0 Å². The molecule has 0 bridgehead atoms. The van der Waals surface area contributed by atoms with Gasteiger partial charge in [-0.25, -0.2) is 4.99 Å². The van der Waals surface area contributed by atoms with Crippen LogP contribution in [-0.2, 0) is 9.16 Å². The molecule has 0 amide bonds. The van der Waals surface area contributed by atoms with Crippen molar-refractivity contribution in [2.45, 2.75) is 51.4 Å². The van der Waals surface area contributed by atoms with E-state index < -0.39 is 13.9 Å². The molecule has 5 heteroatoms. The van der Waals surface area contributed by atoms with Gasteiger partial charge in [0.1, 0.15) is 12.1 Å². The summed E-state index contributed by atoms with van der Waals surface area (Å²) in [5.74, 6) is 0.731. The maximum atomic E-state index is 6.43. The normalized spacial score (nSPS) is 21.9. The lowest BCUT2D eigenvalue weighted by atomic mass is 10.0. The van der Waals surface area contributed by atoms with Gasteiger partial charge in [0.25, 0.3) is 0 Å². The third-order valence-corrected chi connectivity index (χ3v) is 9.86. The van der Waals surface area contributed by atoms with E-state index in [0.717, 1.165) is 15.9 Å². The quantitative estimate of drug-likeness (QED) is 0.586. The largest absolute Gasteiger partial charge is 0.478 e. The predicted octanol–water partition coefficient (Wildman–Crippen LogP) is 5.67. The summed E-state index contributed by atoms with van der Waals surface area (Å²) in [6.45, 7) is 14.3. The van der Waals surface area contributed by atoms with Crippen molar-refractivity contribution in [1.82, 2.24) is 0 Å². The third kappa shape index (κ3) is 4.80. The summed E-state index contributed by atoms with van der Waals surface area (Å²) in [7, 11) is -1.82. The first kappa shape index (κ1) is 19.4. The van der Waals surface area contributed by atoms with Crippen LogP contribution in [0.3, 0.4) is 0 Å². The SMILES string of the molecule is CC1=NC(C=Cc2ccc(Br)cc2)(CO[Si](C)(C)C(C)(C)C)CO1. The molecule has 0 saturated heterocycles. The van der Waals surface area contributed by atoms with E-state index >= 15 is 0 Å². The highest BCUT2D eigenvalue weighted by Crippen LogP contribution is 2.37. The Hall–Kier alpha value is -0.913. The number of hydrogen-bond acceptors (Lipinski definition) is 3. The van der Waals surface area contributed by atoms with Crippen molar-refractivity contribution in [1.29, 1.82) is 0 Å². The molecule has 132 valence electrons. The third-order valence-electron chi connectivity index (χ3n) is 4.86. The van der Waals surface area contributed by atoms with Crippen molar-refractivity contribution in [2.24, 2.45) is 4.99 Å². The van der Waals surface area contributed by atoms with Crippen LogP contribution in [0.15, 0.2) is 39.8 Å². The van der Waals surface area contributed by atoms with Crippen molar-refractivity contribution in [3.63, 3.8) is 0 Å². The van der Waals surface area contributed by atoms with Crippen LogP contribution in [0.1, 0.15) is 33.3 Å². The van der Waals surface area contributed by atoms with Gasteiger partial charge in [0, 0.05) is 11.4 Å². The Kier molecular flexibility index (Phi) is 5.78. The number of hydrogen-bond donors (Lipinski definition) is 0. The van der Waals surface area contributed by atoms with Gasteiger partial charge < -0.3 is 9.16 Å². The van der Waals surface area contributed by atoms with Gasteiger partial charge in [-0.15, -0.1) is 0 Å². The minimum atomic E-state index is -1.82. The number of aliphatic imine (C=N–C) groups is 1. The van der Waals surface area contributed by atoms with Gasteiger partial charge in [-0.2, -0.15) is 0 Å². The van der Waals surface area contributed by atoms with E-state index in [1.165, 1.54) is 0 Å². The number of halogens is 1. The van der Waals surface area contributed by atoms with E-state index in [-0.39, 0.29) is 5.04 Å². The lowest BCUT2D eigenvalue weighted by Gasteiger charge is -2.38. The highest BCUT2D eigenvalue weighted by molar-refractivity contribution is 9.10. The van der Waals surface area contributed by atoms with Crippen LogP contribution in [0.5, 0.6) is 0 Å². The Morgan fingerprint density at radius 3 is 2.42 bits per heavy atom. The van der Waals surface area contributed by atoms with Crippen molar-refractivity contribution in [2.75, 3.05) is 13.2 Å². The van der Waals surface area contributed by atoms with Gasteiger partial charge in [-0.3, -0.25) is 0 Å². The average molecular weight is 410 g/mol. The topological polar surface area (TPSA) is 30.8 Å². The first-order valence-corrected chi connectivity index (χ1v) is 12.0. The fraction of sp³-hybridized carbons (Fsp3) is 0.526. The second-order valence-electron chi connectivity index (χ2n) is 7.96. The maximum Gasteiger partial charge on any atom is 0.192 e. The molecule has 0 radical (unpaired) electrons. The van der Waals surface area contributed by atoms with E-state index in [2.05, 4.69) is 74.1 Å². The van der Waals surface area contributed by atoms with Crippen LogP contribution >= 0.6 is 15.9 Å². The van der Waals surface area contributed by atoms with E-state index in [1.54, 1.807) is 0 Å². The van der Waals surface area contributed by atoms with E-state index in [1.807, 2.05) is 19.1 Å². The summed E-state index contributed by atoms with van der Waals surface area (Å²) in [6.07, 6.45) is 4.23. The molecule has 0 N–H and O–H groups in total. The summed E-state index contributed by atoms with van der Waals surface area (Å²) in [6, 6.07) is 8.24. The lowest BCUT2D eigenvalue weighted by molar-refractivity contribution is 0.190. The summed E-state index contributed by atoms with van der Waals surface area (Å²) in [5, 5.41) is 0.182. The van der Waals surface area contributed by atoms with Crippen molar-refractivity contribution >= 4 is 36.2 Å². The van der Waals surface area contributed by atoms with Crippen LogP contribution in [0, 0.1) is 0 Å². The van der Waals surface area contributed by atoms with Gasteiger partial charge in [0.2, 0.25) is 0 Å². The highest BCUT2D eigenvalue weighted by atomic mass is 79.9. The number of ether oxygens (including phenoxy) is 1. The molecule has 0 saturated carbocycles. The monoisotopic (exact) mass is 409 g/mol. The molecule has 0 spiro atoms. The van der Waals surface area contributed by atoms with Gasteiger partial charge in [-0.1, -0.05) is 61.0 Å². The lowest BCUT2D eigenvalue weighted by Crippen LogP contribution is -2.45. The molecule has 0 aliphatic carbocycles. The zero-order chi connectivity index (χ0) is 18.0. The smallest absolute Gasteiger partial charge is 0.192 e. The molecule has 1 aliphatic heterocycles. The number of nitrogens with zero attached hydrogens (tertiary/aromatic N) is 1. The summed E-state index contributed by atoms with van der Waals surface area (Å²) in [5.41, 5.74) is 0.719. The molecule has 1 atom stereocenters. The second-order valence-corrected chi connectivity index (χ2v) is 13.7. The summed E-state index contributed by atoms with van der Waals surface area (Å²) in [4.78, 5) is 4.73. The van der Waals surface area contributed by atoms with Crippen LogP contribution in [0.2, 0.25) is 18.1 Å². The van der Waals surface area contributed by atoms with Crippen LogP contribution in [0.4, 0.5) is 0 Å². The zero-order valence-corrected chi connectivity index (χ0v) is 18.1. The first-order valence-electron chi connectivity index (χ1n) is 8.31. The Morgan fingerprint density at radius 1 is 1.29 bits per heavy atom. The Bertz CT molecular complexity index is 632. The number of rotatable bonds is 5. The van der Waals surface area contributed by atoms with Crippen LogP contribution in [0.25, 0.3) is 6.08 Å². The average Bonchev–Trinajstić information content (AvgIpc) is 2.86. The molecule has 2 rings (SSSR count). The standard InChI is InChI=1S/C19H28BrNO2Si/c1-15-21-19(13-22-15,14-23-24(5,6)18(2,3)4)12-11-16-7-9-17(20)10-8-16/h7-12H,13-14H2,1-6H3. The molecule has 0 fully saturated rings. The van der Waals surface area contributed by atoms with E-state index in [9.17, 15) is 0 Å². The zero-order valence-electron chi connectivity index (χ0n) is 15.5. The Morgan fingerprint density at radius 2 is 1.92 bits per heavy atom. The molecule has 24 heavy (non-hydrogen) atoms. The Balaban J connectivity index is 2.17. The molecule has 1 aromatic rings. The highest BCUT2D eigenvalue weighted by Gasteiger charge is 2.41. The molecule has 0 aromatic heterocycles. The fourth-order valence-corrected chi connectivity index (χ4v) is 3.47. The number of benzene rings is 1.